The summed E-state index contributed by atoms with van der Waals surface area (Å²) in [6.45, 7) is 0.414. The minimum Gasteiger partial charge on any atom is -0.396 e. The second kappa shape index (κ2) is 20.8. The number of ether oxygens (including phenoxy) is 1. The predicted molar refractivity (Wildman–Crippen MR) is 193 cm³/mol. The van der Waals surface area contributed by atoms with Crippen molar-refractivity contribution in [3.05, 3.63) is 24.8 Å². The van der Waals surface area contributed by atoms with Gasteiger partial charge in [0.15, 0.2) is 17.7 Å². The summed E-state index contributed by atoms with van der Waals surface area (Å²) in [6, 6.07) is 0. The fourth-order valence-corrected chi connectivity index (χ4v) is 8.15. The number of carbonyl (C=O) groups is 3. The number of aromatic nitrogens is 4. The lowest BCUT2D eigenvalue weighted by atomic mass is 9.87. The number of hydrogen-bond donors (Lipinski definition) is 10. The molecule has 7 atom stereocenters. The van der Waals surface area contributed by atoms with Gasteiger partial charge in [0.2, 0.25) is 16.9 Å². The molecule has 56 heavy (non-hydrogen) atoms. The van der Waals surface area contributed by atoms with Crippen molar-refractivity contribution >= 4 is 69.1 Å². The lowest BCUT2D eigenvalue weighted by molar-refractivity contribution is -0.137. The molecule has 3 rings (SSSR count). The van der Waals surface area contributed by atoms with Crippen molar-refractivity contribution in [3.8, 4) is 0 Å². The van der Waals surface area contributed by atoms with Crippen LogP contribution in [0.15, 0.2) is 24.8 Å². The van der Waals surface area contributed by atoms with E-state index in [9.17, 15) is 57.9 Å². The Hall–Kier alpha value is -2.74. The Morgan fingerprint density at radius 1 is 1.09 bits per heavy atom. The quantitative estimate of drug-likeness (QED) is 0.0363. The Morgan fingerprint density at radius 3 is 2.46 bits per heavy atom. The Labute approximate surface area is 322 Å². The van der Waals surface area contributed by atoms with Crippen LogP contribution in [0.25, 0.3) is 11.2 Å². The van der Waals surface area contributed by atoms with Gasteiger partial charge in [-0.15, -0.1) is 0 Å². The summed E-state index contributed by atoms with van der Waals surface area (Å²) in [5, 5.41) is 34.8. The summed E-state index contributed by atoms with van der Waals surface area (Å²) in [7, 11) is -16.4. The van der Waals surface area contributed by atoms with Crippen molar-refractivity contribution in [1.29, 1.82) is 0 Å². The summed E-state index contributed by atoms with van der Waals surface area (Å²) in [6.07, 6.45) is -2.86. The van der Waals surface area contributed by atoms with Crippen LogP contribution in [0.3, 0.4) is 0 Å². The molecule has 1 fully saturated rings. The monoisotopic (exact) mass is 879 g/mol. The van der Waals surface area contributed by atoms with Gasteiger partial charge in [0.25, 0.3) is 0 Å². The number of phosphoric acid groups is 3. The number of imidazole rings is 1. The third kappa shape index (κ3) is 14.9. The van der Waals surface area contributed by atoms with Crippen molar-refractivity contribution in [2.75, 3.05) is 44.4 Å². The molecule has 316 valence electrons. The highest BCUT2D eigenvalue weighted by molar-refractivity contribution is 8.14. The number of hydrogen-bond acceptors (Lipinski definition) is 19. The fourth-order valence-electron chi connectivity index (χ4n) is 4.72. The molecule has 0 saturated carbocycles. The molecule has 2 unspecified atom stereocenters. The molecule has 2 amide bonds. The highest BCUT2D eigenvalue weighted by atomic mass is 32.2. The van der Waals surface area contributed by atoms with Crippen molar-refractivity contribution in [3.63, 3.8) is 0 Å². The average molecular weight is 880 g/mol. The van der Waals surface area contributed by atoms with E-state index in [0.717, 1.165) is 29.0 Å². The number of nitrogens with one attached hydrogen (secondary N) is 2. The Bertz CT molecular complexity index is 1850. The highest BCUT2D eigenvalue weighted by Crippen LogP contribution is 2.61. The molecule has 25 nitrogen and oxygen atoms in total. The van der Waals surface area contributed by atoms with Crippen LogP contribution in [0.4, 0.5) is 5.82 Å². The number of amides is 2. The maximum atomic E-state index is 12.7. The van der Waals surface area contributed by atoms with Gasteiger partial charge in [-0.1, -0.05) is 31.7 Å². The first-order valence-electron chi connectivity index (χ1n) is 16.4. The third-order valence-corrected chi connectivity index (χ3v) is 11.5. The van der Waals surface area contributed by atoms with Gasteiger partial charge in [-0.2, -0.15) is 4.31 Å². The van der Waals surface area contributed by atoms with Gasteiger partial charge in [-0.05, 0) is 18.9 Å². The standard InChI is InChI=1S/C27H44N7O18P3S/c1-27(2,22(39)25(40)30-8-7-17(36)29-9-11-56-18(37)6-4-3-5-10-35)13-49-55(46,47)52-54(44,45)48-12-16-21(51-53(41,42)43)20(38)26(50-16)34-15-33-19-23(28)31-14-32-24(19)34/h4,6,14-16,20-22,26,35,38-39H,3,5,7-13H2,1-2H3,(H,29,36)(H,30,40)(H,44,45)(H,46,47)(H2,28,31,32)(H2,41,42,43)/t16-,20-,21-,22+,26-/m1/s1. The van der Waals surface area contributed by atoms with E-state index >= 15 is 0 Å². The van der Waals surface area contributed by atoms with Crippen molar-refractivity contribution < 1.29 is 85.6 Å². The second-order valence-electron chi connectivity index (χ2n) is 12.5. The van der Waals surface area contributed by atoms with E-state index in [4.69, 9.17) is 24.6 Å². The number of carbonyl (C=O) groups excluding carboxylic acids is 3. The van der Waals surface area contributed by atoms with Gasteiger partial charge >= 0.3 is 23.5 Å². The van der Waals surface area contributed by atoms with E-state index in [1.807, 2.05) is 0 Å². The summed E-state index contributed by atoms with van der Waals surface area (Å²) < 4.78 is 62.0. The smallest absolute Gasteiger partial charge is 0.396 e. The van der Waals surface area contributed by atoms with Crippen molar-refractivity contribution in [1.82, 2.24) is 30.2 Å². The van der Waals surface area contributed by atoms with Crippen molar-refractivity contribution in [2.24, 2.45) is 5.41 Å². The molecule has 2 aromatic rings. The molecule has 11 N–H and O–H groups in total. The van der Waals surface area contributed by atoms with E-state index in [2.05, 4.69) is 34.4 Å². The lowest BCUT2D eigenvalue weighted by Gasteiger charge is -2.30. The number of aliphatic hydroxyl groups is 3. The number of thioether (sulfide) groups is 1. The zero-order chi connectivity index (χ0) is 41.9. The van der Waals surface area contributed by atoms with Gasteiger partial charge in [-0.25, -0.2) is 28.6 Å². The Balaban J connectivity index is 1.48. The number of allylic oxidation sites excluding steroid dienone is 1. The highest BCUT2D eigenvalue weighted by Gasteiger charge is 2.50. The first-order chi connectivity index (χ1) is 26.1. The molecule has 1 aliphatic rings. The Morgan fingerprint density at radius 2 is 1.79 bits per heavy atom. The van der Waals surface area contributed by atoms with Crippen LogP contribution in [0.5, 0.6) is 0 Å². The molecule has 0 aromatic carbocycles. The molecule has 29 heteroatoms. The van der Waals surface area contributed by atoms with Gasteiger partial charge in [0.1, 0.15) is 36.3 Å². The van der Waals surface area contributed by atoms with Crippen LogP contribution in [0.2, 0.25) is 0 Å². The number of rotatable bonds is 23. The zero-order valence-corrected chi connectivity index (χ0v) is 33.3. The van der Waals surface area contributed by atoms with Gasteiger partial charge < -0.3 is 56.0 Å². The number of phosphoric ester groups is 3. The first kappa shape index (κ1) is 47.6. The van der Waals surface area contributed by atoms with Crippen LogP contribution in [0.1, 0.15) is 39.3 Å². The van der Waals surface area contributed by atoms with E-state index in [-0.39, 0.29) is 54.0 Å². The molecule has 0 spiro atoms. The molecule has 3 heterocycles. The first-order valence-corrected chi connectivity index (χ1v) is 21.9. The normalized spacial score (nSPS) is 21.8. The van der Waals surface area contributed by atoms with E-state index < -0.39 is 84.6 Å². The molecule has 0 bridgehead atoms. The molecule has 0 radical (unpaired) electrons. The molecule has 2 aromatic heterocycles. The number of aliphatic hydroxyl groups excluding tert-OH is 3. The number of unbranched alkanes of at least 4 members (excludes halogenated alkanes) is 1. The number of nitrogen functional groups attached to an aromatic ring is 1. The van der Waals surface area contributed by atoms with Crippen LogP contribution in [0, 0.1) is 5.41 Å². The predicted octanol–water partition coefficient (Wildman–Crippen LogP) is -1.01. The third-order valence-electron chi connectivity index (χ3n) is 7.53. The number of fused-ring (bicyclic) bond motifs is 1. The van der Waals surface area contributed by atoms with Crippen LogP contribution >= 0.6 is 35.2 Å². The van der Waals surface area contributed by atoms with E-state index in [1.165, 1.54) is 19.9 Å². The van der Waals surface area contributed by atoms with Crippen LogP contribution in [-0.2, 0) is 50.7 Å². The van der Waals surface area contributed by atoms with Gasteiger partial charge in [0.05, 0.1) is 19.5 Å². The maximum Gasteiger partial charge on any atom is 0.481 e. The van der Waals surface area contributed by atoms with E-state index in [0.29, 0.717) is 12.8 Å². The van der Waals surface area contributed by atoms with Gasteiger partial charge in [-0.3, -0.25) is 32.5 Å². The van der Waals surface area contributed by atoms with Crippen LogP contribution in [-0.4, -0.2) is 134 Å². The maximum absolute atomic E-state index is 12.7. The summed E-state index contributed by atoms with van der Waals surface area (Å²) in [5.74, 6) is -1.21. The SMILES string of the molecule is CC(C)(COP(=O)(O)OP(=O)(O)OC[C@H]1O[C@@H](n2cnc3c(N)ncnc32)[C@H](O)[C@@H]1OP(=O)(O)O)[C@@H](O)C(=O)NCCC(=O)NCCSC(=O)C=CCCCO. The molecular weight excluding hydrogens is 835 g/mol. The second-order valence-corrected chi connectivity index (χ2v) is 17.8. The Kier molecular flexibility index (Phi) is 17.7. The molecule has 1 aliphatic heterocycles. The zero-order valence-electron chi connectivity index (χ0n) is 29.8. The largest absolute Gasteiger partial charge is 0.481 e. The van der Waals surface area contributed by atoms with Crippen LogP contribution < -0.4 is 16.4 Å². The number of nitrogens with zero attached hydrogens (tertiary/aromatic N) is 4. The number of nitrogens with two attached hydrogens (primary N) is 1. The molecule has 1 saturated heterocycles. The lowest BCUT2D eigenvalue weighted by Crippen LogP contribution is -2.46. The molecular formula is C27H44N7O18P3S. The summed E-state index contributed by atoms with van der Waals surface area (Å²) in [4.78, 5) is 87.2. The fraction of sp³-hybridized carbons (Fsp3) is 0.630. The van der Waals surface area contributed by atoms with E-state index in [1.54, 1.807) is 6.08 Å². The van der Waals surface area contributed by atoms with Gasteiger partial charge in [0, 0.05) is 37.3 Å². The summed E-state index contributed by atoms with van der Waals surface area (Å²) >= 11 is 0.979. The molecule has 0 aliphatic carbocycles. The minimum atomic E-state index is -5.58. The topological polar surface area (TPSA) is 384 Å². The average Bonchev–Trinajstić information content (AvgIpc) is 3.66. The minimum absolute atomic E-state index is 0.0174. The van der Waals surface area contributed by atoms with Crippen molar-refractivity contribution in [2.45, 2.75) is 63.8 Å². The number of anilines is 1. The summed E-state index contributed by atoms with van der Waals surface area (Å²) in [5.41, 5.74) is 4.24.